The van der Waals surface area contributed by atoms with Crippen LogP contribution in [-0.4, -0.2) is 6.72 Å². The monoisotopic (exact) mass is 196 g/mol. The zero-order valence-electron chi connectivity index (χ0n) is 5.43. The predicted molar refractivity (Wildman–Crippen MR) is 33.7 cm³/mol. The molecule has 0 aromatic heterocycles. The van der Waals surface area contributed by atoms with Gasteiger partial charge in [0.15, 0.2) is 0 Å². The van der Waals surface area contributed by atoms with E-state index in [-0.39, 0.29) is 32.7 Å². The molecular weight excluding hydrogens is 187 g/mol. The molecule has 2 heteroatoms. The van der Waals surface area contributed by atoms with E-state index in [0.29, 0.717) is 0 Å². The molecule has 0 heterocycles. The molecule has 0 spiro atoms. The fourth-order valence-electron chi connectivity index (χ4n) is 0.849. The van der Waals surface area contributed by atoms with Gasteiger partial charge in [-0.3, -0.25) is 0 Å². The molecule has 0 saturated carbocycles. The van der Waals surface area contributed by atoms with Crippen molar-refractivity contribution >= 4 is 6.72 Å². The second kappa shape index (κ2) is 5.31. The summed E-state index contributed by atoms with van der Waals surface area (Å²) in [4.78, 5) is 3.55. The molecule has 0 fully saturated rings. The summed E-state index contributed by atoms with van der Waals surface area (Å²) in [5.41, 5.74) is 0.955. The van der Waals surface area contributed by atoms with Crippen molar-refractivity contribution in [3.05, 3.63) is 11.8 Å². The van der Waals surface area contributed by atoms with Gasteiger partial charge in [-0.05, 0) is 0 Å². The molecule has 0 aliphatic heterocycles. The van der Waals surface area contributed by atoms with Crippen LogP contribution in [0.2, 0.25) is 0 Å². The summed E-state index contributed by atoms with van der Waals surface area (Å²) in [6.07, 6.45) is 7.63. The number of aliphatic imine (C=N–C) groups is 1. The van der Waals surface area contributed by atoms with E-state index in [2.05, 4.69) is 11.1 Å². The van der Waals surface area contributed by atoms with Crippen LogP contribution in [0.3, 0.4) is 0 Å². The summed E-state index contributed by atoms with van der Waals surface area (Å²) < 4.78 is 0. The third-order valence-corrected chi connectivity index (χ3v) is 1.33. The van der Waals surface area contributed by atoms with E-state index in [4.69, 9.17) is 6.72 Å². The van der Waals surface area contributed by atoms with E-state index in [1.165, 1.54) is 12.8 Å². The first-order chi connectivity index (χ1) is 3.93. The summed E-state index contributed by atoms with van der Waals surface area (Å²) in [5.74, 6) is 0. The van der Waals surface area contributed by atoms with Crippen LogP contribution in [0.1, 0.15) is 25.7 Å². The van der Waals surface area contributed by atoms with Crippen LogP contribution < -0.4 is 0 Å². The Morgan fingerprint density at radius 1 is 1.44 bits per heavy atom. The minimum absolute atomic E-state index is 0. The van der Waals surface area contributed by atoms with E-state index in [0.717, 1.165) is 18.5 Å². The summed E-state index contributed by atoms with van der Waals surface area (Å²) >= 11 is 0. The van der Waals surface area contributed by atoms with Crippen molar-refractivity contribution in [2.45, 2.75) is 25.7 Å². The molecule has 0 N–H and O–H groups in total. The van der Waals surface area contributed by atoms with Gasteiger partial charge in [0.05, 0.1) is 0 Å². The standard InChI is InChI=1S/C7H9N.Y/c1-8-7-5-3-2-4-6-7;/h1H,2-5H2;/q-2;. The van der Waals surface area contributed by atoms with Gasteiger partial charge in [-0.15, -0.1) is 6.42 Å². The van der Waals surface area contributed by atoms with Crippen molar-refractivity contribution in [2.75, 3.05) is 0 Å². The van der Waals surface area contributed by atoms with E-state index in [1.54, 1.807) is 0 Å². The molecule has 0 aromatic rings. The van der Waals surface area contributed by atoms with Crippen LogP contribution in [0.5, 0.6) is 0 Å². The Morgan fingerprint density at radius 3 is 2.56 bits per heavy atom. The largest absolute Gasteiger partial charge is 0.580 e. The number of allylic oxidation sites excluding steroid dienone is 2. The maximum absolute atomic E-state index is 5.03. The Morgan fingerprint density at radius 2 is 2.22 bits per heavy atom. The second-order valence-electron chi connectivity index (χ2n) is 1.96. The molecule has 0 bridgehead atoms. The Hall–Kier alpha value is 0.514. The number of hydrogen-bond acceptors (Lipinski definition) is 1. The first kappa shape index (κ1) is 9.51. The van der Waals surface area contributed by atoms with Crippen LogP contribution in [0.25, 0.3) is 0 Å². The molecule has 47 valence electrons. The molecule has 0 atom stereocenters. The quantitative estimate of drug-likeness (QED) is 0.448. The van der Waals surface area contributed by atoms with Crippen molar-refractivity contribution in [3.8, 4) is 0 Å². The van der Waals surface area contributed by atoms with Gasteiger partial charge in [-0.25, -0.2) is 6.42 Å². The van der Waals surface area contributed by atoms with E-state index in [1.807, 2.05) is 0 Å². The summed E-state index contributed by atoms with van der Waals surface area (Å²) in [6, 6.07) is 0. The van der Waals surface area contributed by atoms with E-state index < -0.39 is 0 Å². The topological polar surface area (TPSA) is 12.4 Å². The molecule has 0 amide bonds. The predicted octanol–water partition coefficient (Wildman–Crippen LogP) is 1.82. The van der Waals surface area contributed by atoms with Gasteiger partial charge >= 0.3 is 0 Å². The SMILES string of the molecule is [CH-]=NC1=[C-]CCCC1.[Y]. The van der Waals surface area contributed by atoms with E-state index in [9.17, 15) is 0 Å². The molecule has 1 rings (SSSR count). The van der Waals surface area contributed by atoms with Gasteiger partial charge in [-0.1, -0.05) is 12.8 Å². The average molecular weight is 196 g/mol. The van der Waals surface area contributed by atoms with Crippen LogP contribution in [0, 0.1) is 6.08 Å². The molecule has 1 radical (unpaired) electrons. The van der Waals surface area contributed by atoms with Crippen LogP contribution in [0.4, 0.5) is 0 Å². The fraction of sp³-hybridized carbons (Fsp3) is 0.571. The van der Waals surface area contributed by atoms with Gasteiger partial charge < -0.3 is 16.8 Å². The van der Waals surface area contributed by atoms with Crippen LogP contribution in [0.15, 0.2) is 10.7 Å². The maximum Gasteiger partial charge on any atom is 0 e. The number of nitrogens with zero attached hydrogens (tertiary/aromatic N) is 1. The third-order valence-electron chi connectivity index (χ3n) is 1.33. The van der Waals surface area contributed by atoms with Crippen molar-refractivity contribution in [2.24, 2.45) is 4.99 Å². The normalized spacial score (nSPS) is 17.6. The van der Waals surface area contributed by atoms with Gasteiger partial charge in [0.25, 0.3) is 0 Å². The fourth-order valence-corrected chi connectivity index (χ4v) is 0.849. The Balaban J connectivity index is 0.000000640. The zero-order valence-corrected chi connectivity index (χ0v) is 8.27. The van der Waals surface area contributed by atoms with Crippen LogP contribution in [-0.2, 0) is 32.7 Å². The maximum atomic E-state index is 5.03. The molecule has 1 aliphatic rings. The van der Waals surface area contributed by atoms with Crippen molar-refractivity contribution in [1.29, 1.82) is 0 Å². The van der Waals surface area contributed by atoms with E-state index >= 15 is 0 Å². The zero-order chi connectivity index (χ0) is 5.82. The minimum Gasteiger partial charge on any atom is -0.580 e. The Labute approximate surface area is 81.5 Å². The molecule has 9 heavy (non-hydrogen) atoms. The summed E-state index contributed by atoms with van der Waals surface area (Å²) in [7, 11) is 0. The van der Waals surface area contributed by atoms with Gasteiger partial charge in [0.2, 0.25) is 0 Å². The Kier molecular flexibility index (Phi) is 5.61. The molecule has 0 aromatic carbocycles. The molecule has 0 unspecified atom stereocenters. The van der Waals surface area contributed by atoms with Crippen molar-refractivity contribution < 1.29 is 32.7 Å². The van der Waals surface area contributed by atoms with Gasteiger partial charge in [-0.2, -0.15) is 6.72 Å². The first-order valence-corrected chi connectivity index (χ1v) is 2.94. The number of rotatable bonds is 1. The molecule has 1 aliphatic carbocycles. The van der Waals surface area contributed by atoms with Gasteiger partial charge in [0.1, 0.15) is 0 Å². The Bertz CT molecular complexity index is 118. The second-order valence-corrected chi connectivity index (χ2v) is 1.96. The van der Waals surface area contributed by atoms with Crippen molar-refractivity contribution in [1.82, 2.24) is 0 Å². The number of hydrogen-bond donors (Lipinski definition) is 0. The molecular formula is C7H9NY-2. The summed E-state index contributed by atoms with van der Waals surface area (Å²) in [6.45, 7) is 5.03. The third kappa shape index (κ3) is 3.27. The van der Waals surface area contributed by atoms with Gasteiger partial charge in [0, 0.05) is 32.7 Å². The van der Waals surface area contributed by atoms with Crippen molar-refractivity contribution in [3.63, 3.8) is 0 Å². The average Bonchev–Trinajstić information content (AvgIpc) is 1.90. The van der Waals surface area contributed by atoms with Crippen LogP contribution >= 0.6 is 0 Å². The first-order valence-electron chi connectivity index (χ1n) is 2.94. The molecule has 0 saturated heterocycles. The smallest absolute Gasteiger partial charge is 0 e. The molecule has 1 nitrogen and oxygen atoms in total. The minimum atomic E-state index is 0. The summed E-state index contributed by atoms with van der Waals surface area (Å²) in [5, 5.41) is 0.